The van der Waals surface area contributed by atoms with E-state index in [1.54, 1.807) is 13.8 Å². The lowest BCUT2D eigenvalue weighted by atomic mass is 9.98. The Morgan fingerprint density at radius 1 is 1.16 bits per heavy atom. The molecule has 0 atom stereocenters. The lowest BCUT2D eigenvalue weighted by Gasteiger charge is -2.25. The lowest BCUT2D eigenvalue weighted by Crippen LogP contribution is -2.37. The third-order valence-corrected chi connectivity index (χ3v) is 2.55. The van der Waals surface area contributed by atoms with Crippen LogP contribution in [-0.2, 0) is 24.7 Å². The van der Waals surface area contributed by atoms with Crippen molar-refractivity contribution in [1.82, 2.24) is 5.32 Å². The highest BCUT2D eigenvalue weighted by Crippen LogP contribution is 2.24. The molecule has 0 aliphatic rings. The highest BCUT2D eigenvalue weighted by molar-refractivity contribution is 6.35. The normalized spacial score (nSPS) is 10.7. The summed E-state index contributed by atoms with van der Waals surface area (Å²) >= 11 is 0. The second kappa shape index (κ2) is 6.13. The number of carbonyl (C=O) groups is 3. The molecule has 5 nitrogen and oxygen atoms in total. The van der Waals surface area contributed by atoms with Gasteiger partial charge in [-0.05, 0) is 19.4 Å². The molecule has 1 aromatic rings. The summed E-state index contributed by atoms with van der Waals surface area (Å²) in [4.78, 5) is 33.3. The van der Waals surface area contributed by atoms with Crippen molar-refractivity contribution in [1.29, 1.82) is 0 Å². The molecular weight excluding hydrogens is 246 g/mol. The van der Waals surface area contributed by atoms with Crippen LogP contribution in [0.2, 0.25) is 0 Å². The first kappa shape index (κ1) is 14.9. The number of hydrogen-bond acceptors (Lipinski definition) is 4. The molecule has 1 rings (SSSR count). The zero-order valence-electron chi connectivity index (χ0n) is 11.2. The topological polar surface area (TPSA) is 72.5 Å². The fraction of sp³-hybridized carbons (Fsp3) is 0.357. The molecular formula is C14H17NO4. The maximum Gasteiger partial charge on any atom is 0.326 e. The smallest absolute Gasteiger partial charge is 0.326 e. The number of esters is 1. The quantitative estimate of drug-likeness (QED) is 0.639. The second-order valence-electron chi connectivity index (χ2n) is 4.59. The number of carbonyl (C=O) groups excluding carboxylic acids is 3. The van der Waals surface area contributed by atoms with Crippen LogP contribution in [0.25, 0.3) is 0 Å². The molecule has 0 saturated heterocycles. The first-order valence-electron chi connectivity index (χ1n) is 5.89. The predicted molar refractivity (Wildman–Crippen MR) is 69.3 cm³/mol. The molecule has 1 amide bonds. The summed E-state index contributed by atoms with van der Waals surface area (Å²) in [5.74, 6) is -2.03. The maximum atomic E-state index is 11.6. The van der Waals surface area contributed by atoms with Crippen molar-refractivity contribution in [2.24, 2.45) is 0 Å². The Labute approximate surface area is 111 Å². The van der Waals surface area contributed by atoms with Crippen LogP contribution < -0.4 is 5.32 Å². The molecule has 1 N–H and O–H groups in total. The lowest BCUT2D eigenvalue weighted by molar-refractivity contribution is -0.157. The SMILES string of the molecule is CC(=O)C(=O)NCC(=O)OC(C)(C)c1ccccc1. The fourth-order valence-electron chi connectivity index (χ4n) is 1.50. The van der Waals surface area contributed by atoms with E-state index in [0.29, 0.717) is 0 Å². The van der Waals surface area contributed by atoms with Crippen molar-refractivity contribution in [3.63, 3.8) is 0 Å². The third kappa shape index (κ3) is 4.54. The highest BCUT2D eigenvalue weighted by atomic mass is 16.6. The third-order valence-electron chi connectivity index (χ3n) is 2.55. The van der Waals surface area contributed by atoms with Crippen LogP contribution in [0.1, 0.15) is 26.3 Å². The highest BCUT2D eigenvalue weighted by Gasteiger charge is 2.25. The van der Waals surface area contributed by atoms with Crippen molar-refractivity contribution in [2.45, 2.75) is 26.4 Å². The number of ether oxygens (including phenoxy) is 1. The number of amides is 1. The van der Waals surface area contributed by atoms with E-state index >= 15 is 0 Å². The van der Waals surface area contributed by atoms with Gasteiger partial charge in [0.15, 0.2) is 0 Å². The van der Waals surface area contributed by atoms with Crippen molar-refractivity contribution in [2.75, 3.05) is 6.54 Å². The van der Waals surface area contributed by atoms with Gasteiger partial charge in [-0.2, -0.15) is 0 Å². The Kier molecular flexibility index (Phi) is 4.80. The molecule has 1 aromatic carbocycles. The molecule has 0 bridgehead atoms. The predicted octanol–water partition coefficient (Wildman–Crippen LogP) is 1.17. The van der Waals surface area contributed by atoms with Crippen LogP contribution >= 0.6 is 0 Å². The van der Waals surface area contributed by atoms with Crippen molar-refractivity contribution in [3.05, 3.63) is 35.9 Å². The summed E-state index contributed by atoms with van der Waals surface area (Å²) in [5, 5.41) is 2.19. The number of benzene rings is 1. The molecule has 0 aromatic heterocycles. The van der Waals surface area contributed by atoms with E-state index in [1.807, 2.05) is 30.3 Å². The number of nitrogens with one attached hydrogen (secondary N) is 1. The van der Waals surface area contributed by atoms with Gasteiger partial charge >= 0.3 is 5.97 Å². The molecule has 0 aliphatic carbocycles. The molecule has 0 radical (unpaired) electrons. The van der Waals surface area contributed by atoms with Crippen molar-refractivity contribution >= 4 is 17.7 Å². The van der Waals surface area contributed by atoms with Crippen LogP contribution in [-0.4, -0.2) is 24.2 Å². The zero-order chi connectivity index (χ0) is 14.5. The van der Waals surface area contributed by atoms with Crippen molar-refractivity contribution in [3.8, 4) is 0 Å². The molecule has 0 aliphatic heterocycles. The summed E-state index contributed by atoms with van der Waals surface area (Å²) in [6, 6.07) is 9.27. The van der Waals surface area contributed by atoms with E-state index in [-0.39, 0.29) is 6.54 Å². The molecule has 5 heteroatoms. The molecule has 0 unspecified atom stereocenters. The van der Waals surface area contributed by atoms with Crippen LogP contribution in [0.4, 0.5) is 0 Å². The van der Waals surface area contributed by atoms with Gasteiger partial charge in [-0.1, -0.05) is 30.3 Å². The van der Waals surface area contributed by atoms with Gasteiger partial charge in [0.2, 0.25) is 5.78 Å². The summed E-state index contributed by atoms with van der Waals surface area (Å²) < 4.78 is 5.29. The van der Waals surface area contributed by atoms with Gasteiger partial charge in [-0.15, -0.1) is 0 Å². The van der Waals surface area contributed by atoms with Crippen LogP contribution in [0, 0.1) is 0 Å². The van der Waals surface area contributed by atoms with Gasteiger partial charge in [-0.25, -0.2) is 0 Å². The van der Waals surface area contributed by atoms with E-state index in [9.17, 15) is 14.4 Å². The van der Waals surface area contributed by atoms with Gasteiger partial charge in [0.05, 0.1) is 0 Å². The number of ketones is 1. The minimum Gasteiger partial charge on any atom is -0.453 e. The van der Waals surface area contributed by atoms with Crippen LogP contribution in [0.3, 0.4) is 0 Å². The van der Waals surface area contributed by atoms with Gasteiger partial charge in [0.25, 0.3) is 5.91 Å². The Balaban J connectivity index is 2.57. The Morgan fingerprint density at radius 2 is 1.74 bits per heavy atom. The molecule has 0 heterocycles. The van der Waals surface area contributed by atoms with E-state index in [2.05, 4.69) is 5.32 Å². The summed E-state index contributed by atoms with van der Waals surface area (Å²) in [5.41, 5.74) is 0.0560. The molecule has 0 spiro atoms. The molecule has 102 valence electrons. The van der Waals surface area contributed by atoms with Gasteiger partial charge in [0, 0.05) is 6.92 Å². The largest absolute Gasteiger partial charge is 0.453 e. The molecule has 0 fully saturated rings. The Morgan fingerprint density at radius 3 is 2.26 bits per heavy atom. The van der Waals surface area contributed by atoms with E-state index < -0.39 is 23.3 Å². The first-order valence-corrected chi connectivity index (χ1v) is 5.89. The summed E-state index contributed by atoms with van der Waals surface area (Å²) in [7, 11) is 0. The molecule has 0 saturated carbocycles. The average molecular weight is 263 g/mol. The van der Waals surface area contributed by atoms with E-state index in [4.69, 9.17) is 4.74 Å². The monoisotopic (exact) mass is 263 g/mol. The van der Waals surface area contributed by atoms with E-state index in [0.717, 1.165) is 12.5 Å². The Hall–Kier alpha value is -2.17. The fourth-order valence-corrected chi connectivity index (χ4v) is 1.50. The minimum absolute atomic E-state index is 0.325. The van der Waals surface area contributed by atoms with Crippen LogP contribution in [0.15, 0.2) is 30.3 Å². The van der Waals surface area contributed by atoms with Gasteiger partial charge < -0.3 is 10.1 Å². The maximum absolute atomic E-state index is 11.6. The second-order valence-corrected chi connectivity index (χ2v) is 4.59. The zero-order valence-corrected chi connectivity index (χ0v) is 11.2. The number of hydrogen-bond donors (Lipinski definition) is 1. The number of Topliss-reactive ketones (excluding diaryl/α,β-unsaturated/α-hetero) is 1. The minimum atomic E-state index is -0.797. The summed E-state index contributed by atoms with van der Waals surface area (Å²) in [6.07, 6.45) is 0. The molecule has 19 heavy (non-hydrogen) atoms. The average Bonchev–Trinajstić information content (AvgIpc) is 2.36. The number of rotatable bonds is 5. The van der Waals surface area contributed by atoms with Gasteiger partial charge in [0.1, 0.15) is 12.1 Å². The Bertz CT molecular complexity index is 479. The van der Waals surface area contributed by atoms with Crippen molar-refractivity contribution < 1.29 is 19.1 Å². The standard InChI is InChI=1S/C14H17NO4/c1-10(16)13(18)15-9-12(17)19-14(2,3)11-7-5-4-6-8-11/h4-8H,9H2,1-3H3,(H,15,18). The van der Waals surface area contributed by atoms with E-state index in [1.165, 1.54) is 0 Å². The van der Waals surface area contributed by atoms with Gasteiger partial charge in [-0.3, -0.25) is 14.4 Å². The van der Waals surface area contributed by atoms with Crippen LogP contribution in [0.5, 0.6) is 0 Å². The summed E-state index contributed by atoms with van der Waals surface area (Å²) in [6.45, 7) is 4.32. The first-order chi connectivity index (χ1) is 8.83.